The summed E-state index contributed by atoms with van der Waals surface area (Å²) in [7, 11) is 0. The SMILES string of the molecule is C=CCOc1ccc(C(=O)N2CCN(CCC#N)CC2)cc1. The molecule has 0 unspecified atom stereocenters. The Morgan fingerprint density at radius 1 is 1.27 bits per heavy atom. The van der Waals surface area contributed by atoms with Gasteiger partial charge in [-0.2, -0.15) is 5.26 Å². The minimum absolute atomic E-state index is 0.0511. The van der Waals surface area contributed by atoms with E-state index in [0.29, 0.717) is 31.7 Å². The van der Waals surface area contributed by atoms with E-state index in [1.165, 1.54) is 0 Å². The van der Waals surface area contributed by atoms with Crippen LogP contribution in [0.5, 0.6) is 5.75 Å². The summed E-state index contributed by atoms with van der Waals surface area (Å²) in [6, 6.07) is 9.35. The molecule has 116 valence electrons. The fraction of sp³-hybridized carbons (Fsp3) is 0.412. The molecular weight excluding hydrogens is 278 g/mol. The molecule has 1 saturated heterocycles. The normalized spacial score (nSPS) is 15.1. The molecule has 1 heterocycles. The lowest BCUT2D eigenvalue weighted by Gasteiger charge is -2.34. The van der Waals surface area contributed by atoms with E-state index >= 15 is 0 Å². The van der Waals surface area contributed by atoms with Crippen molar-refractivity contribution in [3.8, 4) is 11.8 Å². The third kappa shape index (κ3) is 4.34. The summed E-state index contributed by atoms with van der Waals surface area (Å²) in [6.07, 6.45) is 2.23. The van der Waals surface area contributed by atoms with Gasteiger partial charge in [-0.3, -0.25) is 9.69 Å². The Kier molecular flexibility index (Phi) is 5.99. The predicted molar refractivity (Wildman–Crippen MR) is 84.7 cm³/mol. The van der Waals surface area contributed by atoms with Crippen LogP contribution in [-0.2, 0) is 0 Å². The zero-order chi connectivity index (χ0) is 15.8. The molecule has 22 heavy (non-hydrogen) atoms. The summed E-state index contributed by atoms with van der Waals surface area (Å²) >= 11 is 0. The van der Waals surface area contributed by atoms with Crippen molar-refractivity contribution in [1.29, 1.82) is 5.26 Å². The topological polar surface area (TPSA) is 56.6 Å². The number of benzene rings is 1. The molecule has 0 saturated carbocycles. The van der Waals surface area contributed by atoms with E-state index in [-0.39, 0.29) is 5.91 Å². The van der Waals surface area contributed by atoms with Crippen LogP contribution in [0.25, 0.3) is 0 Å². The first-order chi connectivity index (χ1) is 10.7. The zero-order valence-electron chi connectivity index (χ0n) is 12.7. The Balaban J connectivity index is 1.87. The summed E-state index contributed by atoms with van der Waals surface area (Å²) in [5.41, 5.74) is 0.677. The number of nitriles is 1. The highest BCUT2D eigenvalue weighted by Crippen LogP contribution is 2.15. The van der Waals surface area contributed by atoms with Gasteiger partial charge in [-0.25, -0.2) is 0 Å². The van der Waals surface area contributed by atoms with Gasteiger partial charge in [0, 0.05) is 44.7 Å². The van der Waals surface area contributed by atoms with Gasteiger partial charge in [0.15, 0.2) is 0 Å². The van der Waals surface area contributed by atoms with E-state index in [1.54, 1.807) is 30.3 Å². The summed E-state index contributed by atoms with van der Waals surface area (Å²) in [5, 5.41) is 8.61. The van der Waals surface area contributed by atoms with Crippen LogP contribution in [0.4, 0.5) is 0 Å². The maximum atomic E-state index is 12.4. The molecule has 0 aliphatic carbocycles. The number of hydrogen-bond donors (Lipinski definition) is 0. The molecule has 0 spiro atoms. The molecule has 2 rings (SSSR count). The number of nitrogens with zero attached hydrogens (tertiary/aromatic N) is 3. The molecule has 5 heteroatoms. The van der Waals surface area contributed by atoms with Crippen LogP contribution in [0.2, 0.25) is 0 Å². The molecule has 1 aliphatic heterocycles. The molecule has 1 aromatic rings. The second-order valence-corrected chi connectivity index (χ2v) is 5.17. The molecular formula is C17H21N3O2. The Labute approximate surface area is 131 Å². The molecule has 0 aromatic heterocycles. The molecule has 0 radical (unpaired) electrons. The van der Waals surface area contributed by atoms with Crippen molar-refractivity contribution >= 4 is 5.91 Å². The van der Waals surface area contributed by atoms with Gasteiger partial charge < -0.3 is 9.64 Å². The summed E-state index contributed by atoms with van der Waals surface area (Å²) < 4.78 is 5.41. The average molecular weight is 299 g/mol. The van der Waals surface area contributed by atoms with Crippen molar-refractivity contribution in [2.24, 2.45) is 0 Å². The minimum atomic E-state index is 0.0511. The molecule has 1 aromatic carbocycles. The summed E-state index contributed by atoms with van der Waals surface area (Å²) in [6.45, 7) is 7.91. The monoisotopic (exact) mass is 299 g/mol. The standard InChI is InChI=1S/C17H21N3O2/c1-2-14-22-16-6-4-15(5-7-16)17(21)20-12-10-19(11-13-20)9-3-8-18/h2,4-7H,1,3,9-14H2. The third-order valence-electron chi connectivity index (χ3n) is 3.67. The van der Waals surface area contributed by atoms with Gasteiger partial charge in [-0.1, -0.05) is 12.7 Å². The second-order valence-electron chi connectivity index (χ2n) is 5.17. The highest BCUT2D eigenvalue weighted by atomic mass is 16.5. The Morgan fingerprint density at radius 3 is 2.55 bits per heavy atom. The van der Waals surface area contributed by atoms with Crippen LogP contribution in [-0.4, -0.2) is 55.0 Å². The smallest absolute Gasteiger partial charge is 0.253 e. The number of carbonyl (C=O) groups is 1. The maximum absolute atomic E-state index is 12.4. The Morgan fingerprint density at radius 2 is 1.95 bits per heavy atom. The van der Waals surface area contributed by atoms with E-state index in [9.17, 15) is 4.79 Å². The number of amides is 1. The van der Waals surface area contributed by atoms with Crippen molar-refractivity contribution in [1.82, 2.24) is 9.80 Å². The number of hydrogen-bond acceptors (Lipinski definition) is 4. The van der Waals surface area contributed by atoms with Gasteiger partial charge in [-0.05, 0) is 24.3 Å². The van der Waals surface area contributed by atoms with E-state index < -0.39 is 0 Å². The van der Waals surface area contributed by atoms with Crippen LogP contribution in [0.1, 0.15) is 16.8 Å². The quantitative estimate of drug-likeness (QED) is 0.753. The van der Waals surface area contributed by atoms with E-state index in [4.69, 9.17) is 10.00 Å². The predicted octanol–water partition coefficient (Wildman–Crippen LogP) is 1.92. The van der Waals surface area contributed by atoms with Gasteiger partial charge >= 0.3 is 0 Å². The van der Waals surface area contributed by atoms with Gasteiger partial charge in [0.2, 0.25) is 0 Å². The molecule has 0 bridgehead atoms. The van der Waals surface area contributed by atoms with Gasteiger partial charge in [0.05, 0.1) is 6.07 Å². The minimum Gasteiger partial charge on any atom is -0.490 e. The first-order valence-corrected chi connectivity index (χ1v) is 7.47. The first kappa shape index (κ1) is 16.1. The first-order valence-electron chi connectivity index (χ1n) is 7.47. The molecule has 5 nitrogen and oxygen atoms in total. The van der Waals surface area contributed by atoms with Crippen molar-refractivity contribution in [2.75, 3.05) is 39.3 Å². The number of piperazine rings is 1. The number of ether oxygens (including phenoxy) is 1. The lowest BCUT2D eigenvalue weighted by atomic mass is 10.1. The molecule has 1 aliphatic rings. The largest absolute Gasteiger partial charge is 0.490 e. The van der Waals surface area contributed by atoms with Crippen molar-refractivity contribution in [3.63, 3.8) is 0 Å². The lowest BCUT2D eigenvalue weighted by molar-refractivity contribution is 0.0639. The zero-order valence-corrected chi connectivity index (χ0v) is 12.7. The molecule has 1 amide bonds. The van der Waals surface area contributed by atoms with Crippen LogP contribution >= 0.6 is 0 Å². The van der Waals surface area contributed by atoms with Crippen molar-refractivity contribution in [3.05, 3.63) is 42.5 Å². The second kappa shape index (κ2) is 8.20. The Hall–Kier alpha value is -2.32. The van der Waals surface area contributed by atoms with Gasteiger partial charge in [0.25, 0.3) is 5.91 Å². The lowest BCUT2D eigenvalue weighted by Crippen LogP contribution is -2.48. The molecule has 0 N–H and O–H groups in total. The van der Waals surface area contributed by atoms with Gasteiger partial charge in [-0.15, -0.1) is 0 Å². The third-order valence-corrected chi connectivity index (χ3v) is 3.67. The van der Waals surface area contributed by atoms with Crippen LogP contribution < -0.4 is 4.74 Å². The number of rotatable bonds is 6. The summed E-state index contributed by atoms with van der Waals surface area (Å²) in [4.78, 5) is 16.5. The fourth-order valence-corrected chi connectivity index (χ4v) is 2.41. The van der Waals surface area contributed by atoms with Crippen LogP contribution in [0, 0.1) is 11.3 Å². The van der Waals surface area contributed by atoms with E-state index in [2.05, 4.69) is 17.5 Å². The number of carbonyl (C=O) groups excluding carboxylic acids is 1. The van der Waals surface area contributed by atoms with E-state index in [0.717, 1.165) is 25.4 Å². The highest BCUT2D eigenvalue weighted by Gasteiger charge is 2.21. The molecule has 0 atom stereocenters. The molecule has 1 fully saturated rings. The summed E-state index contributed by atoms with van der Waals surface area (Å²) in [5.74, 6) is 0.785. The fourth-order valence-electron chi connectivity index (χ4n) is 2.41. The van der Waals surface area contributed by atoms with Crippen molar-refractivity contribution < 1.29 is 9.53 Å². The maximum Gasteiger partial charge on any atom is 0.253 e. The van der Waals surface area contributed by atoms with Crippen molar-refractivity contribution in [2.45, 2.75) is 6.42 Å². The van der Waals surface area contributed by atoms with Crippen LogP contribution in [0.3, 0.4) is 0 Å². The highest BCUT2D eigenvalue weighted by molar-refractivity contribution is 5.94. The van der Waals surface area contributed by atoms with E-state index in [1.807, 2.05) is 4.90 Å². The van der Waals surface area contributed by atoms with Crippen LogP contribution in [0.15, 0.2) is 36.9 Å². The Bertz CT molecular complexity index is 540. The average Bonchev–Trinajstić information content (AvgIpc) is 2.58. The van der Waals surface area contributed by atoms with Gasteiger partial charge in [0.1, 0.15) is 12.4 Å².